The Bertz CT molecular complexity index is 1520. The molecular weight excluding hydrogens is 548 g/mol. The standard InChI is InChI=1S/C38H42N2O4/c1-28-12-6-9-19-36(28)40(27-30-13-10-14-30)24-11-25-44-32-22-20-29(21-23-32)26-35(38(42)43-2)39-34-18-8-7-17-33(34)37(41)31-15-4-3-5-16-31/h3-9,12,15-23,30,35,39H,10-11,13-14,24-27H2,1-2H3/t35-/m0/s1. The Labute approximate surface area is 261 Å². The van der Waals surface area contributed by atoms with Crippen molar-refractivity contribution in [3.8, 4) is 5.75 Å². The Morgan fingerprint density at radius 1 is 0.886 bits per heavy atom. The Morgan fingerprint density at radius 2 is 1.59 bits per heavy atom. The third-order valence-corrected chi connectivity index (χ3v) is 8.39. The van der Waals surface area contributed by atoms with Crippen molar-refractivity contribution in [3.05, 3.63) is 125 Å². The van der Waals surface area contributed by atoms with Gasteiger partial charge in [-0.15, -0.1) is 0 Å². The van der Waals surface area contributed by atoms with Gasteiger partial charge in [-0.25, -0.2) is 4.79 Å². The minimum Gasteiger partial charge on any atom is -0.494 e. The molecule has 4 aromatic carbocycles. The molecule has 0 aromatic heterocycles. The van der Waals surface area contributed by atoms with E-state index in [9.17, 15) is 9.59 Å². The van der Waals surface area contributed by atoms with Crippen molar-refractivity contribution < 1.29 is 19.1 Å². The second kappa shape index (κ2) is 15.2. The van der Waals surface area contributed by atoms with Crippen LogP contribution in [0.2, 0.25) is 0 Å². The fourth-order valence-electron chi connectivity index (χ4n) is 5.69. The highest BCUT2D eigenvalue weighted by molar-refractivity contribution is 6.12. The maximum atomic E-state index is 13.2. The molecule has 0 radical (unpaired) electrons. The highest BCUT2D eigenvalue weighted by atomic mass is 16.5. The van der Waals surface area contributed by atoms with E-state index in [2.05, 4.69) is 41.4 Å². The van der Waals surface area contributed by atoms with Crippen LogP contribution in [-0.2, 0) is 16.0 Å². The number of ketones is 1. The van der Waals surface area contributed by atoms with Crippen molar-refractivity contribution in [3.63, 3.8) is 0 Å². The predicted octanol–water partition coefficient (Wildman–Crippen LogP) is 7.50. The second-order valence-corrected chi connectivity index (χ2v) is 11.5. The normalized spacial score (nSPS) is 13.4. The van der Waals surface area contributed by atoms with Crippen molar-refractivity contribution in [1.29, 1.82) is 0 Å². The average molecular weight is 591 g/mol. The summed E-state index contributed by atoms with van der Waals surface area (Å²) >= 11 is 0. The zero-order chi connectivity index (χ0) is 30.7. The smallest absolute Gasteiger partial charge is 0.328 e. The van der Waals surface area contributed by atoms with E-state index in [0.29, 0.717) is 29.8 Å². The number of methoxy groups -OCH3 is 1. The van der Waals surface area contributed by atoms with Gasteiger partial charge in [-0.3, -0.25) is 4.79 Å². The monoisotopic (exact) mass is 590 g/mol. The van der Waals surface area contributed by atoms with Crippen LogP contribution in [0.25, 0.3) is 0 Å². The van der Waals surface area contributed by atoms with E-state index in [1.807, 2.05) is 60.7 Å². The van der Waals surface area contributed by atoms with Gasteiger partial charge < -0.3 is 19.7 Å². The highest BCUT2D eigenvalue weighted by Gasteiger charge is 2.23. The molecule has 0 spiro atoms. The Hall–Kier alpha value is -4.58. The van der Waals surface area contributed by atoms with Gasteiger partial charge in [0.05, 0.1) is 13.7 Å². The predicted molar refractivity (Wildman–Crippen MR) is 177 cm³/mol. The van der Waals surface area contributed by atoms with Gasteiger partial charge in [0.2, 0.25) is 0 Å². The lowest BCUT2D eigenvalue weighted by molar-refractivity contribution is -0.141. The molecule has 0 saturated heterocycles. The number of anilines is 2. The van der Waals surface area contributed by atoms with Gasteiger partial charge >= 0.3 is 5.97 Å². The summed E-state index contributed by atoms with van der Waals surface area (Å²) in [5.74, 6) is 1.09. The van der Waals surface area contributed by atoms with Crippen LogP contribution in [0.5, 0.6) is 5.75 Å². The van der Waals surface area contributed by atoms with Crippen molar-refractivity contribution in [2.75, 3.05) is 37.0 Å². The van der Waals surface area contributed by atoms with Gasteiger partial charge in [0.1, 0.15) is 11.8 Å². The molecule has 1 aliphatic carbocycles. The summed E-state index contributed by atoms with van der Waals surface area (Å²) < 4.78 is 11.2. The molecule has 1 aliphatic rings. The molecule has 0 bridgehead atoms. The maximum Gasteiger partial charge on any atom is 0.328 e. The molecule has 0 unspecified atom stereocenters. The van der Waals surface area contributed by atoms with Gasteiger partial charge in [-0.2, -0.15) is 0 Å². The van der Waals surface area contributed by atoms with Crippen LogP contribution >= 0.6 is 0 Å². The Morgan fingerprint density at radius 3 is 2.30 bits per heavy atom. The minimum atomic E-state index is -0.667. The van der Waals surface area contributed by atoms with Crippen LogP contribution in [0, 0.1) is 12.8 Å². The third-order valence-electron chi connectivity index (χ3n) is 8.39. The second-order valence-electron chi connectivity index (χ2n) is 11.5. The largest absolute Gasteiger partial charge is 0.494 e. The molecule has 0 amide bonds. The number of carbonyl (C=O) groups excluding carboxylic acids is 2. The number of nitrogens with one attached hydrogen (secondary N) is 1. The van der Waals surface area contributed by atoms with Gasteiger partial charge in [0.25, 0.3) is 0 Å². The minimum absolute atomic E-state index is 0.108. The number of ether oxygens (including phenoxy) is 2. The van der Waals surface area contributed by atoms with E-state index < -0.39 is 12.0 Å². The number of benzene rings is 4. The van der Waals surface area contributed by atoms with Crippen LogP contribution < -0.4 is 15.0 Å². The zero-order valence-corrected chi connectivity index (χ0v) is 25.7. The number of hydrogen-bond acceptors (Lipinski definition) is 6. The number of aryl methyl sites for hydroxylation is 1. The molecule has 6 heteroatoms. The number of hydrogen-bond donors (Lipinski definition) is 1. The fourth-order valence-corrected chi connectivity index (χ4v) is 5.69. The first kappa shape index (κ1) is 30.9. The lowest BCUT2D eigenvalue weighted by Gasteiger charge is -2.34. The summed E-state index contributed by atoms with van der Waals surface area (Å²) in [4.78, 5) is 28.5. The van der Waals surface area contributed by atoms with Crippen LogP contribution in [0.4, 0.5) is 11.4 Å². The molecule has 44 heavy (non-hydrogen) atoms. The number of rotatable bonds is 15. The van der Waals surface area contributed by atoms with Crippen molar-refractivity contribution in [2.45, 2.75) is 45.1 Å². The van der Waals surface area contributed by atoms with Gasteiger partial charge in [-0.1, -0.05) is 79.2 Å². The van der Waals surface area contributed by atoms with Crippen LogP contribution in [0.15, 0.2) is 103 Å². The van der Waals surface area contributed by atoms with Crippen LogP contribution in [0.1, 0.15) is 52.7 Å². The highest BCUT2D eigenvalue weighted by Crippen LogP contribution is 2.30. The number of nitrogens with zero attached hydrogens (tertiary/aromatic N) is 1. The van der Waals surface area contributed by atoms with Crippen LogP contribution in [0.3, 0.4) is 0 Å². The van der Waals surface area contributed by atoms with E-state index >= 15 is 0 Å². The summed E-state index contributed by atoms with van der Waals surface area (Å²) in [5, 5.41) is 3.27. The first-order valence-corrected chi connectivity index (χ1v) is 15.6. The third kappa shape index (κ3) is 8.07. The molecular formula is C38H42N2O4. The maximum absolute atomic E-state index is 13.2. The lowest BCUT2D eigenvalue weighted by atomic mass is 9.85. The molecule has 1 saturated carbocycles. The SMILES string of the molecule is COC(=O)[C@H](Cc1ccc(OCCCN(CC2CCC2)c2ccccc2C)cc1)Nc1ccccc1C(=O)c1ccccc1. The van der Waals surface area contributed by atoms with E-state index in [1.54, 1.807) is 18.2 Å². The molecule has 1 atom stereocenters. The van der Waals surface area contributed by atoms with E-state index in [-0.39, 0.29) is 5.78 Å². The summed E-state index contributed by atoms with van der Waals surface area (Å²) in [5.41, 5.74) is 5.28. The molecule has 4 aromatic rings. The lowest BCUT2D eigenvalue weighted by Crippen LogP contribution is -2.34. The average Bonchev–Trinajstić information content (AvgIpc) is 3.04. The van der Waals surface area contributed by atoms with Crippen molar-refractivity contribution in [1.82, 2.24) is 0 Å². The van der Waals surface area contributed by atoms with E-state index in [0.717, 1.165) is 36.7 Å². The van der Waals surface area contributed by atoms with E-state index in [4.69, 9.17) is 9.47 Å². The first-order chi connectivity index (χ1) is 21.5. The Balaban J connectivity index is 1.17. The molecule has 5 rings (SSSR count). The molecule has 0 aliphatic heterocycles. The van der Waals surface area contributed by atoms with Gasteiger partial charge in [0, 0.05) is 42.0 Å². The Kier molecular flexibility index (Phi) is 10.7. The van der Waals surface area contributed by atoms with E-state index in [1.165, 1.54) is 37.6 Å². The topological polar surface area (TPSA) is 67.9 Å². The van der Waals surface area contributed by atoms with Crippen molar-refractivity contribution >= 4 is 23.1 Å². The van der Waals surface area contributed by atoms with Crippen molar-refractivity contribution in [2.24, 2.45) is 5.92 Å². The molecule has 228 valence electrons. The fraction of sp³-hybridized carbons (Fsp3) is 0.316. The van der Waals surface area contributed by atoms with Crippen LogP contribution in [-0.4, -0.2) is 44.6 Å². The van der Waals surface area contributed by atoms with Gasteiger partial charge in [-0.05, 0) is 73.6 Å². The number of para-hydroxylation sites is 2. The summed E-state index contributed by atoms with van der Waals surface area (Å²) in [6.45, 7) is 4.88. The molecule has 0 heterocycles. The quantitative estimate of drug-likeness (QED) is 0.0879. The molecule has 1 N–H and O–H groups in total. The summed E-state index contributed by atoms with van der Waals surface area (Å²) in [6, 6.07) is 32.2. The first-order valence-electron chi connectivity index (χ1n) is 15.6. The summed E-state index contributed by atoms with van der Waals surface area (Å²) in [6.07, 6.45) is 5.33. The van der Waals surface area contributed by atoms with Gasteiger partial charge in [0.15, 0.2) is 5.78 Å². The number of carbonyl (C=O) groups is 2. The molecule has 1 fully saturated rings. The number of esters is 1. The zero-order valence-electron chi connectivity index (χ0n) is 25.7. The molecule has 6 nitrogen and oxygen atoms in total. The summed E-state index contributed by atoms with van der Waals surface area (Å²) in [7, 11) is 1.38.